The number of nitriles is 2. The van der Waals surface area contributed by atoms with Crippen molar-refractivity contribution in [3.05, 3.63) is 42.1 Å². The third kappa shape index (κ3) is 3.45. The summed E-state index contributed by atoms with van der Waals surface area (Å²) in [6, 6.07) is 11.4. The highest BCUT2D eigenvalue weighted by atomic mass is 16.2. The number of nitrogens with zero attached hydrogens (tertiary/aromatic N) is 5. The standard InChI is InChI=1S/C23H28N6O/c1-14-8-22(23(30)28(14)18-6-4-16(11-24)5-7-18)27(3)13-20(26)15(2)29-19(12-25)9-17-10-21(17)29/h4-7,14,17,19-22H,2,8-10,13,26H2,1,3H3/t14-,17-,19?,20?,21?,22?/m1/s1. The molecular weight excluding hydrogens is 376 g/mol. The predicted octanol–water partition coefficient (Wildman–Crippen LogP) is 1.81. The minimum atomic E-state index is -0.322. The normalized spacial score (nSPS) is 30.7. The summed E-state index contributed by atoms with van der Waals surface area (Å²) >= 11 is 0. The maximum Gasteiger partial charge on any atom is 0.244 e. The van der Waals surface area contributed by atoms with E-state index in [1.807, 2.05) is 35.9 Å². The van der Waals surface area contributed by atoms with Crippen LogP contribution in [0, 0.1) is 28.6 Å². The first-order valence-corrected chi connectivity index (χ1v) is 10.5. The number of hydrogen-bond acceptors (Lipinski definition) is 6. The molecular formula is C23H28N6O. The third-order valence-corrected chi connectivity index (χ3v) is 6.83. The number of amides is 1. The van der Waals surface area contributed by atoms with Gasteiger partial charge >= 0.3 is 0 Å². The van der Waals surface area contributed by atoms with Gasteiger partial charge in [0.05, 0.1) is 29.8 Å². The zero-order chi connectivity index (χ0) is 21.6. The average molecular weight is 405 g/mol. The van der Waals surface area contributed by atoms with E-state index >= 15 is 0 Å². The van der Waals surface area contributed by atoms with Crippen LogP contribution in [-0.4, -0.2) is 59.5 Å². The van der Waals surface area contributed by atoms with E-state index in [9.17, 15) is 10.1 Å². The maximum absolute atomic E-state index is 13.2. The van der Waals surface area contributed by atoms with Crippen LogP contribution in [-0.2, 0) is 4.79 Å². The number of piperidine rings is 1. The lowest BCUT2D eigenvalue weighted by atomic mass is 10.1. The Morgan fingerprint density at radius 3 is 2.63 bits per heavy atom. The Morgan fingerprint density at radius 2 is 2.00 bits per heavy atom. The van der Waals surface area contributed by atoms with Crippen LogP contribution in [0.3, 0.4) is 0 Å². The van der Waals surface area contributed by atoms with Crippen LogP contribution >= 0.6 is 0 Å². The quantitative estimate of drug-likeness (QED) is 0.776. The van der Waals surface area contributed by atoms with E-state index in [0.29, 0.717) is 30.5 Å². The molecule has 3 fully saturated rings. The first-order chi connectivity index (χ1) is 14.3. The molecule has 1 aromatic rings. The second-order valence-corrected chi connectivity index (χ2v) is 8.86. The highest BCUT2D eigenvalue weighted by molar-refractivity contribution is 6.00. The number of fused-ring (bicyclic) bond motifs is 1. The molecule has 1 aromatic carbocycles. The van der Waals surface area contributed by atoms with Gasteiger partial charge in [-0.25, -0.2) is 0 Å². The molecule has 2 N–H and O–H groups in total. The molecule has 7 nitrogen and oxygen atoms in total. The Labute approximate surface area is 177 Å². The lowest BCUT2D eigenvalue weighted by molar-refractivity contribution is -0.121. The van der Waals surface area contributed by atoms with E-state index in [0.717, 1.165) is 24.2 Å². The summed E-state index contributed by atoms with van der Waals surface area (Å²) in [6.45, 7) is 6.75. The van der Waals surface area contributed by atoms with E-state index in [4.69, 9.17) is 11.0 Å². The van der Waals surface area contributed by atoms with Crippen LogP contribution < -0.4 is 10.6 Å². The summed E-state index contributed by atoms with van der Waals surface area (Å²) in [5, 5.41) is 18.4. The highest BCUT2D eigenvalue weighted by Gasteiger charge is 2.53. The molecule has 0 radical (unpaired) electrons. The SMILES string of the molecule is C=C(C(N)CN(C)C1C[C@@H](C)N(c2ccc(C#N)cc2)C1=O)N1C(C#N)C[C@@H]2CC21. The van der Waals surface area contributed by atoms with Crippen molar-refractivity contribution in [1.29, 1.82) is 10.5 Å². The van der Waals surface area contributed by atoms with Gasteiger partial charge in [0.1, 0.15) is 6.04 Å². The number of carbonyl (C=O) groups is 1. The number of anilines is 1. The van der Waals surface area contributed by atoms with Crippen molar-refractivity contribution in [2.75, 3.05) is 18.5 Å². The first-order valence-electron chi connectivity index (χ1n) is 10.5. The predicted molar refractivity (Wildman–Crippen MR) is 114 cm³/mol. The molecule has 2 aliphatic heterocycles. The van der Waals surface area contributed by atoms with E-state index in [-0.39, 0.29) is 30.1 Å². The van der Waals surface area contributed by atoms with Crippen molar-refractivity contribution < 1.29 is 4.79 Å². The molecule has 0 bridgehead atoms. The zero-order valence-electron chi connectivity index (χ0n) is 17.5. The van der Waals surface area contributed by atoms with Crippen molar-refractivity contribution in [1.82, 2.24) is 9.80 Å². The third-order valence-electron chi connectivity index (χ3n) is 6.83. The molecule has 4 rings (SSSR count). The number of carbonyl (C=O) groups excluding carboxylic acids is 1. The number of rotatable bonds is 6. The lowest BCUT2D eigenvalue weighted by Crippen LogP contribution is -2.48. The van der Waals surface area contributed by atoms with Crippen LogP contribution in [0.25, 0.3) is 0 Å². The topological polar surface area (TPSA) is 100 Å². The fourth-order valence-electron chi connectivity index (χ4n) is 5.07. The van der Waals surface area contributed by atoms with Gasteiger partial charge in [0, 0.05) is 30.0 Å². The Morgan fingerprint density at radius 1 is 1.30 bits per heavy atom. The summed E-state index contributed by atoms with van der Waals surface area (Å²) < 4.78 is 0. The Kier molecular flexibility index (Phi) is 5.27. The molecule has 156 valence electrons. The molecule has 4 unspecified atom stereocenters. The number of nitrogens with two attached hydrogens (primary N) is 1. The summed E-state index contributed by atoms with van der Waals surface area (Å²) in [5.74, 6) is 0.653. The summed E-state index contributed by atoms with van der Waals surface area (Å²) in [6.07, 6.45) is 2.74. The first kappa shape index (κ1) is 20.4. The summed E-state index contributed by atoms with van der Waals surface area (Å²) in [5.41, 5.74) is 8.67. The van der Waals surface area contributed by atoms with Crippen LogP contribution in [0.4, 0.5) is 5.69 Å². The van der Waals surface area contributed by atoms with E-state index in [2.05, 4.69) is 23.6 Å². The van der Waals surface area contributed by atoms with Gasteiger partial charge in [0.15, 0.2) is 0 Å². The molecule has 2 heterocycles. The average Bonchev–Trinajstić information content (AvgIpc) is 3.30. The monoisotopic (exact) mass is 404 g/mol. The summed E-state index contributed by atoms with van der Waals surface area (Å²) in [7, 11) is 1.93. The second-order valence-electron chi connectivity index (χ2n) is 8.86. The van der Waals surface area contributed by atoms with Crippen LogP contribution in [0.2, 0.25) is 0 Å². The van der Waals surface area contributed by atoms with Crippen molar-refractivity contribution in [3.8, 4) is 12.1 Å². The van der Waals surface area contributed by atoms with Crippen LogP contribution in [0.5, 0.6) is 0 Å². The Hall–Kier alpha value is -2.87. The Bertz CT molecular complexity index is 928. The maximum atomic E-state index is 13.2. The molecule has 0 aromatic heterocycles. The molecule has 3 aliphatic rings. The Balaban J connectivity index is 1.41. The van der Waals surface area contributed by atoms with E-state index < -0.39 is 0 Å². The van der Waals surface area contributed by atoms with Gasteiger partial charge in [-0.15, -0.1) is 0 Å². The minimum absolute atomic E-state index is 0.0471. The fraction of sp³-hybridized carbons (Fsp3) is 0.522. The molecule has 6 atom stereocenters. The number of likely N-dealkylation sites (N-methyl/N-ethyl adjacent to an activating group) is 1. The fourth-order valence-corrected chi connectivity index (χ4v) is 5.07. The molecule has 1 amide bonds. The van der Waals surface area contributed by atoms with Gasteiger partial charge in [-0.1, -0.05) is 6.58 Å². The number of likely N-dealkylation sites (tertiary alicyclic amines) is 1. The molecule has 1 saturated carbocycles. The molecule has 2 saturated heterocycles. The van der Waals surface area contributed by atoms with Gasteiger partial charge in [-0.05, 0) is 63.4 Å². The van der Waals surface area contributed by atoms with Crippen molar-refractivity contribution in [3.63, 3.8) is 0 Å². The second kappa shape index (κ2) is 7.75. The van der Waals surface area contributed by atoms with E-state index in [1.54, 1.807) is 12.1 Å². The smallest absolute Gasteiger partial charge is 0.244 e. The van der Waals surface area contributed by atoms with Gasteiger partial charge in [0.2, 0.25) is 5.91 Å². The molecule has 1 aliphatic carbocycles. The molecule has 7 heteroatoms. The van der Waals surface area contributed by atoms with Gasteiger partial charge in [0.25, 0.3) is 0 Å². The van der Waals surface area contributed by atoms with Crippen molar-refractivity contribution in [2.24, 2.45) is 11.7 Å². The van der Waals surface area contributed by atoms with Gasteiger partial charge < -0.3 is 15.5 Å². The number of benzene rings is 1. The van der Waals surface area contributed by atoms with Crippen molar-refractivity contribution in [2.45, 2.75) is 56.4 Å². The largest absolute Gasteiger partial charge is 0.355 e. The minimum Gasteiger partial charge on any atom is -0.355 e. The number of hydrogen-bond donors (Lipinski definition) is 1. The van der Waals surface area contributed by atoms with Crippen molar-refractivity contribution >= 4 is 11.6 Å². The van der Waals surface area contributed by atoms with E-state index in [1.165, 1.54) is 0 Å². The van der Waals surface area contributed by atoms with Crippen LogP contribution in [0.1, 0.15) is 31.7 Å². The summed E-state index contributed by atoms with van der Waals surface area (Å²) in [4.78, 5) is 19.1. The van der Waals surface area contributed by atoms with Gasteiger partial charge in [-0.3, -0.25) is 9.69 Å². The lowest BCUT2D eigenvalue weighted by Gasteiger charge is -2.33. The zero-order valence-corrected chi connectivity index (χ0v) is 17.5. The van der Waals surface area contributed by atoms with Gasteiger partial charge in [-0.2, -0.15) is 10.5 Å². The molecule has 0 spiro atoms. The molecule has 30 heavy (non-hydrogen) atoms. The highest BCUT2D eigenvalue weighted by Crippen LogP contribution is 2.49. The van der Waals surface area contributed by atoms with Crippen LogP contribution in [0.15, 0.2) is 36.5 Å².